The highest BCUT2D eigenvalue weighted by Crippen LogP contribution is 2.44. The van der Waals surface area contributed by atoms with Gasteiger partial charge in [0.15, 0.2) is 11.6 Å². The monoisotopic (exact) mass is 696 g/mol. The lowest BCUT2D eigenvalue weighted by atomic mass is 10.0. The van der Waals surface area contributed by atoms with Crippen molar-refractivity contribution in [2.24, 2.45) is 0 Å². The third-order valence-corrected chi connectivity index (χ3v) is 11.4. The molecule has 4 heterocycles. The van der Waals surface area contributed by atoms with Crippen molar-refractivity contribution in [1.29, 1.82) is 0 Å². The summed E-state index contributed by atoms with van der Waals surface area (Å²) in [4.78, 5) is 15.2. The maximum absolute atomic E-state index is 9.61. The molecular weight excluding hydrogens is 661 g/mol. The van der Waals surface area contributed by atoms with E-state index in [9.17, 15) is 5.48 Å². The molecule has 0 radical (unpaired) electrons. The van der Waals surface area contributed by atoms with Crippen LogP contribution in [0.15, 0.2) is 157 Å². The van der Waals surface area contributed by atoms with Crippen LogP contribution in [-0.2, 0) is 0 Å². The van der Waals surface area contributed by atoms with Crippen LogP contribution in [0.2, 0.25) is 0 Å². The van der Waals surface area contributed by atoms with E-state index >= 15 is 0 Å². The Bertz CT molecular complexity index is 3710. The molecule has 0 unspecified atom stereocenters. The Morgan fingerprint density at radius 3 is 2.08 bits per heavy atom. The minimum absolute atomic E-state index is 0.0277. The number of para-hydroxylation sites is 1. The molecule has 0 aliphatic heterocycles. The Labute approximate surface area is 314 Å². The highest BCUT2D eigenvalue weighted by molar-refractivity contribution is 7.27. The molecule has 0 saturated heterocycles. The SMILES string of the molecule is [2H]c1c([2H])c([2H])c2c(sc3c2c([2H])c([2H])c2c3c3c([2H])c([2H])c([2H])c([2H])c3n2-c2nc(-c3ccc(-c4ccccc4)cc3)nc(-c3cccc4sc5ccccc5c34)n2)c1[2H]. The third-order valence-electron chi connectivity index (χ3n) is 9.19. The number of hydrogen-bond donors (Lipinski definition) is 0. The van der Waals surface area contributed by atoms with E-state index in [1.807, 2.05) is 91.0 Å². The second-order valence-electron chi connectivity index (χ2n) is 12.0. The Morgan fingerprint density at radius 1 is 0.451 bits per heavy atom. The summed E-state index contributed by atoms with van der Waals surface area (Å²) in [5, 5.41) is 2.35. The number of thiophene rings is 2. The highest BCUT2D eigenvalue weighted by atomic mass is 32.1. The van der Waals surface area contributed by atoms with Crippen LogP contribution in [0.3, 0.4) is 0 Å². The van der Waals surface area contributed by atoms with E-state index in [-0.39, 0.29) is 83.7 Å². The van der Waals surface area contributed by atoms with Gasteiger partial charge in [0.2, 0.25) is 5.95 Å². The molecule has 11 aromatic rings. The van der Waals surface area contributed by atoms with Gasteiger partial charge in [-0.05, 0) is 41.4 Å². The quantitative estimate of drug-likeness (QED) is 0.184. The van der Waals surface area contributed by atoms with Gasteiger partial charge in [0, 0.05) is 62.2 Å². The van der Waals surface area contributed by atoms with Gasteiger partial charge in [-0.3, -0.25) is 4.57 Å². The molecule has 0 saturated carbocycles. The Kier molecular flexibility index (Phi) is 4.47. The summed E-state index contributed by atoms with van der Waals surface area (Å²) in [6.45, 7) is 0. The predicted octanol–water partition coefficient (Wildman–Crippen LogP) is 12.7. The van der Waals surface area contributed by atoms with Crippen LogP contribution in [0.25, 0.3) is 102 Å². The summed E-state index contributed by atoms with van der Waals surface area (Å²) in [5.41, 5.74) is 3.34. The minimum Gasteiger partial charge on any atom is -0.278 e. The van der Waals surface area contributed by atoms with E-state index in [1.165, 1.54) is 4.57 Å². The van der Waals surface area contributed by atoms with Gasteiger partial charge >= 0.3 is 0 Å². The lowest BCUT2D eigenvalue weighted by Crippen LogP contribution is -2.06. The van der Waals surface area contributed by atoms with Crippen molar-refractivity contribution in [3.63, 3.8) is 0 Å². The molecule has 0 amide bonds. The molecular formula is C45H26N4S2. The molecule has 51 heavy (non-hydrogen) atoms. The summed E-state index contributed by atoms with van der Waals surface area (Å²) in [6, 6.07) is 27.5. The molecule has 4 nitrogen and oxygen atoms in total. The van der Waals surface area contributed by atoms with Crippen molar-refractivity contribution >= 4 is 84.8 Å². The van der Waals surface area contributed by atoms with Crippen molar-refractivity contribution in [1.82, 2.24) is 19.5 Å². The minimum atomic E-state index is -0.521. The fourth-order valence-corrected chi connectivity index (χ4v) is 9.14. The van der Waals surface area contributed by atoms with Crippen molar-refractivity contribution in [3.05, 3.63) is 157 Å². The summed E-state index contributed by atoms with van der Waals surface area (Å²) >= 11 is 2.63. The second-order valence-corrected chi connectivity index (χ2v) is 14.2. The zero-order chi connectivity index (χ0) is 42.2. The van der Waals surface area contributed by atoms with Crippen LogP contribution >= 0.6 is 22.7 Å². The summed E-state index contributed by atoms with van der Waals surface area (Å²) in [7, 11) is 0. The molecule has 11 rings (SSSR count). The van der Waals surface area contributed by atoms with E-state index in [0.29, 0.717) is 11.1 Å². The van der Waals surface area contributed by atoms with Gasteiger partial charge in [-0.2, -0.15) is 9.97 Å². The maximum atomic E-state index is 9.61. The zero-order valence-electron chi connectivity index (χ0n) is 36.3. The lowest BCUT2D eigenvalue weighted by molar-refractivity contribution is 0.954. The van der Waals surface area contributed by atoms with Crippen LogP contribution in [-0.4, -0.2) is 19.5 Å². The van der Waals surface area contributed by atoms with Crippen LogP contribution in [0, 0.1) is 0 Å². The fraction of sp³-hybridized carbons (Fsp3) is 0. The van der Waals surface area contributed by atoms with Crippen LogP contribution in [0.5, 0.6) is 0 Å². The predicted molar refractivity (Wildman–Crippen MR) is 216 cm³/mol. The fourth-order valence-electron chi connectivity index (χ4n) is 6.89. The Morgan fingerprint density at radius 2 is 1.18 bits per heavy atom. The van der Waals surface area contributed by atoms with Crippen molar-refractivity contribution in [3.8, 4) is 39.9 Å². The molecule has 0 atom stereocenters. The second kappa shape index (κ2) is 11.2. The van der Waals surface area contributed by atoms with Gasteiger partial charge in [0.25, 0.3) is 0 Å². The van der Waals surface area contributed by atoms with Gasteiger partial charge in [-0.1, -0.05) is 127 Å². The smallest absolute Gasteiger partial charge is 0.238 e. The highest BCUT2D eigenvalue weighted by Gasteiger charge is 2.22. The molecule has 238 valence electrons. The van der Waals surface area contributed by atoms with Gasteiger partial charge in [-0.15, -0.1) is 22.7 Å². The molecule has 4 aromatic heterocycles. The normalized spacial score (nSPS) is 14.7. The number of aromatic nitrogens is 4. The van der Waals surface area contributed by atoms with Gasteiger partial charge < -0.3 is 0 Å². The Hall–Kier alpha value is -6.21. The van der Waals surface area contributed by atoms with E-state index in [4.69, 9.17) is 23.2 Å². The summed E-state index contributed by atoms with van der Waals surface area (Å²) in [5.74, 6) is 0.490. The Balaban J connectivity index is 1.30. The number of fused-ring (bicyclic) bond motifs is 10. The standard InChI is InChI=1S/C45H26N4S2/c1-2-11-27(12-3-1)28-21-23-29(24-22-28)43-46-44(34-16-10-20-39-40(34)33-15-6-9-19-38(33)50-39)48-45(47-43)49-35-17-7-4-14-32(35)41-36(49)26-25-31-30-13-5-8-18-37(30)51-42(31)41/h1-26H/i4D,5D,7D,8D,13D,14D,17D,18D,25D,26D. The largest absolute Gasteiger partial charge is 0.278 e. The van der Waals surface area contributed by atoms with Crippen LogP contribution in [0.1, 0.15) is 13.7 Å². The first kappa shape index (κ1) is 20.5. The zero-order valence-corrected chi connectivity index (χ0v) is 28.0. The number of benzene rings is 7. The van der Waals surface area contributed by atoms with Crippen molar-refractivity contribution in [2.75, 3.05) is 0 Å². The van der Waals surface area contributed by atoms with Gasteiger partial charge in [0.1, 0.15) is 0 Å². The first-order chi connectivity index (χ1) is 29.4. The van der Waals surface area contributed by atoms with E-state index in [1.54, 1.807) is 11.3 Å². The molecule has 0 spiro atoms. The number of hydrogen-bond acceptors (Lipinski definition) is 5. The molecule has 7 aromatic carbocycles. The number of rotatable bonds is 4. The number of nitrogens with zero attached hydrogens (tertiary/aromatic N) is 4. The summed E-state index contributed by atoms with van der Waals surface area (Å²) in [6.07, 6.45) is 0. The van der Waals surface area contributed by atoms with E-state index in [2.05, 4.69) is 6.07 Å². The summed E-state index contributed by atoms with van der Waals surface area (Å²) < 4.78 is 93.5. The van der Waals surface area contributed by atoms with E-state index in [0.717, 1.165) is 42.6 Å². The van der Waals surface area contributed by atoms with Crippen molar-refractivity contribution < 1.29 is 13.7 Å². The first-order valence-electron chi connectivity index (χ1n) is 21.1. The van der Waals surface area contributed by atoms with E-state index < -0.39 is 36.3 Å². The molecule has 0 aliphatic rings. The molecule has 6 heteroatoms. The molecule has 0 aliphatic carbocycles. The van der Waals surface area contributed by atoms with Crippen LogP contribution < -0.4 is 0 Å². The van der Waals surface area contributed by atoms with Crippen molar-refractivity contribution in [2.45, 2.75) is 0 Å². The topological polar surface area (TPSA) is 43.6 Å². The van der Waals surface area contributed by atoms with Gasteiger partial charge in [-0.25, -0.2) is 4.98 Å². The molecule has 0 fully saturated rings. The maximum Gasteiger partial charge on any atom is 0.238 e. The average Bonchev–Trinajstić information content (AvgIpc) is 3.99. The van der Waals surface area contributed by atoms with Crippen LogP contribution in [0.4, 0.5) is 0 Å². The lowest BCUT2D eigenvalue weighted by Gasteiger charge is -2.12. The molecule has 0 bridgehead atoms. The molecule has 0 N–H and O–H groups in total. The first-order valence-corrected chi connectivity index (χ1v) is 17.8. The van der Waals surface area contributed by atoms with Gasteiger partial charge in [0.05, 0.1) is 24.7 Å². The third kappa shape index (κ3) is 4.40. The average molecular weight is 697 g/mol.